The highest BCUT2D eigenvalue weighted by Gasteiger charge is 2.33. The Morgan fingerprint density at radius 1 is 1.27 bits per heavy atom. The van der Waals surface area contributed by atoms with Crippen LogP contribution in [0.1, 0.15) is 12.0 Å². The fourth-order valence-electron chi connectivity index (χ4n) is 2.89. The quantitative estimate of drug-likeness (QED) is 0.883. The molecular weight excluding hydrogens is 337 g/mol. The number of nitrogens with one attached hydrogen (secondary N) is 2. The van der Waals surface area contributed by atoms with Crippen LogP contribution < -0.4 is 20.3 Å². The normalized spacial score (nSPS) is 16.5. The maximum absolute atomic E-state index is 13.4. The van der Waals surface area contributed by atoms with Gasteiger partial charge in [0.25, 0.3) is 0 Å². The highest BCUT2D eigenvalue weighted by molar-refractivity contribution is 6.02. The summed E-state index contributed by atoms with van der Waals surface area (Å²) < 4.78 is 18.5. The van der Waals surface area contributed by atoms with Gasteiger partial charge in [-0.3, -0.25) is 4.79 Å². The first-order chi connectivity index (χ1) is 12.5. The molecule has 3 amide bonds. The van der Waals surface area contributed by atoms with Gasteiger partial charge in [0.1, 0.15) is 17.6 Å². The Balaban J connectivity index is 1.62. The number of hydrogen-bond donors (Lipinski definition) is 2. The van der Waals surface area contributed by atoms with Crippen LogP contribution in [0.4, 0.5) is 20.6 Å². The summed E-state index contributed by atoms with van der Waals surface area (Å²) in [4.78, 5) is 26.3. The van der Waals surface area contributed by atoms with Crippen molar-refractivity contribution in [3.05, 3.63) is 53.8 Å². The molecule has 7 heteroatoms. The SMILES string of the molecule is COc1cccc(NC(=O)N[C@H]2CCN(c3ccc(F)c(C)c3)C2=O)c1. The first-order valence-electron chi connectivity index (χ1n) is 8.27. The largest absolute Gasteiger partial charge is 0.497 e. The van der Waals surface area contributed by atoms with E-state index in [0.29, 0.717) is 35.7 Å². The molecule has 2 aromatic rings. The van der Waals surface area contributed by atoms with Gasteiger partial charge >= 0.3 is 6.03 Å². The summed E-state index contributed by atoms with van der Waals surface area (Å²) in [6.45, 7) is 2.12. The van der Waals surface area contributed by atoms with Gasteiger partial charge < -0.3 is 20.3 Å². The monoisotopic (exact) mass is 357 g/mol. The van der Waals surface area contributed by atoms with Gasteiger partial charge in [-0.1, -0.05) is 6.07 Å². The number of nitrogens with zero attached hydrogens (tertiary/aromatic N) is 1. The zero-order chi connectivity index (χ0) is 18.7. The zero-order valence-electron chi connectivity index (χ0n) is 14.6. The van der Waals surface area contributed by atoms with E-state index in [4.69, 9.17) is 4.74 Å². The molecule has 0 spiro atoms. The van der Waals surface area contributed by atoms with E-state index in [1.807, 2.05) is 0 Å². The molecule has 3 rings (SSSR count). The molecule has 0 unspecified atom stereocenters. The molecule has 136 valence electrons. The van der Waals surface area contributed by atoms with Crippen molar-refractivity contribution in [1.29, 1.82) is 0 Å². The van der Waals surface area contributed by atoms with Gasteiger partial charge in [-0.25, -0.2) is 9.18 Å². The van der Waals surface area contributed by atoms with Crippen LogP contribution >= 0.6 is 0 Å². The molecule has 26 heavy (non-hydrogen) atoms. The molecule has 2 aromatic carbocycles. The first-order valence-corrected chi connectivity index (χ1v) is 8.27. The van der Waals surface area contributed by atoms with Crippen LogP contribution in [-0.2, 0) is 4.79 Å². The van der Waals surface area contributed by atoms with Crippen LogP contribution in [0.5, 0.6) is 5.75 Å². The Labute approximate surface area is 150 Å². The average molecular weight is 357 g/mol. The number of urea groups is 1. The summed E-state index contributed by atoms with van der Waals surface area (Å²) in [5, 5.41) is 5.37. The minimum Gasteiger partial charge on any atom is -0.497 e. The standard InChI is InChI=1S/C19H20FN3O3/c1-12-10-14(6-7-16(12)20)23-9-8-17(18(23)24)22-19(25)21-13-4-3-5-15(11-13)26-2/h3-7,10-11,17H,8-9H2,1-2H3,(H2,21,22,25)/t17-/m0/s1. The second-order valence-electron chi connectivity index (χ2n) is 6.10. The molecule has 1 heterocycles. The summed E-state index contributed by atoms with van der Waals surface area (Å²) in [5.74, 6) is 0.0992. The Kier molecular flexibility index (Phi) is 5.06. The van der Waals surface area contributed by atoms with Gasteiger partial charge in [-0.05, 0) is 49.2 Å². The van der Waals surface area contributed by atoms with Gasteiger partial charge in [0.2, 0.25) is 5.91 Å². The van der Waals surface area contributed by atoms with Crippen LogP contribution in [0.3, 0.4) is 0 Å². The molecule has 0 aromatic heterocycles. The van der Waals surface area contributed by atoms with E-state index in [1.165, 1.54) is 6.07 Å². The third-order valence-corrected chi connectivity index (χ3v) is 4.29. The van der Waals surface area contributed by atoms with Crippen molar-refractivity contribution >= 4 is 23.3 Å². The summed E-state index contributed by atoms with van der Waals surface area (Å²) in [7, 11) is 1.54. The number of carbonyl (C=O) groups is 2. The average Bonchev–Trinajstić information content (AvgIpc) is 2.98. The number of benzene rings is 2. The van der Waals surface area contributed by atoms with Crippen molar-refractivity contribution in [2.75, 3.05) is 23.9 Å². The Morgan fingerprint density at radius 3 is 2.81 bits per heavy atom. The summed E-state index contributed by atoms with van der Waals surface area (Å²) in [6, 6.07) is 10.4. The van der Waals surface area contributed by atoms with Crippen LogP contribution in [0.2, 0.25) is 0 Å². The molecule has 2 N–H and O–H groups in total. The number of aryl methyl sites for hydroxylation is 1. The number of methoxy groups -OCH3 is 1. The molecule has 1 saturated heterocycles. The van der Waals surface area contributed by atoms with Gasteiger partial charge in [-0.2, -0.15) is 0 Å². The lowest BCUT2D eigenvalue weighted by Gasteiger charge is -2.18. The lowest BCUT2D eigenvalue weighted by atomic mass is 10.2. The van der Waals surface area contributed by atoms with Gasteiger partial charge in [-0.15, -0.1) is 0 Å². The van der Waals surface area contributed by atoms with Crippen molar-refractivity contribution in [2.45, 2.75) is 19.4 Å². The van der Waals surface area contributed by atoms with Gasteiger partial charge in [0, 0.05) is 24.0 Å². The second kappa shape index (κ2) is 7.43. The number of ether oxygens (including phenoxy) is 1. The molecule has 1 aliphatic heterocycles. The Bertz CT molecular complexity index is 841. The third-order valence-electron chi connectivity index (χ3n) is 4.29. The van der Waals surface area contributed by atoms with Crippen molar-refractivity contribution in [2.24, 2.45) is 0 Å². The molecule has 0 radical (unpaired) electrons. The van der Waals surface area contributed by atoms with Crippen LogP contribution in [0, 0.1) is 12.7 Å². The van der Waals surface area contributed by atoms with E-state index >= 15 is 0 Å². The summed E-state index contributed by atoms with van der Waals surface area (Å²) >= 11 is 0. The van der Waals surface area contributed by atoms with Crippen LogP contribution in [0.25, 0.3) is 0 Å². The zero-order valence-corrected chi connectivity index (χ0v) is 14.6. The topological polar surface area (TPSA) is 70.7 Å². The smallest absolute Gasteiger partial charge is 0.319 e. The van der Waals surface area contributed by atoms with E-state index in [9.17, 15) is 14.0 Å². The minimum atomic E-state index is -0.619. The highest BCUT2D eigenvalue weighted by Crippen LogP contribution is 2.24. The van der Waals surface area contributed by atoms with Crippen LogP contribution in [0.15, 0.2) is 42.5 Å². The van der Waals surface area contributed by atoms with E-state index in [2.05, 4.69) is 10.6 Å². The number of halogens is 1. The third kappa shape index (κ3) is 3.77. The van der Waals surface area contributed by atoms with Crippen LogP contribution in [-0.4, -0.2) is 31.6 Å². The number of carbonyl (C=O) groups excluding carboxylic acids is 2. The minimum absolute atomic E-state index is 0.211. The second-order valence-corrected chi connectivity index (χ2v) is 6.10. The molecule has 6 nitrogen and oxygen atoms in total. The van der Waals surface area contributed by atoms with Crippen molar-refractivity contribution < 1.29 is 18.7 Å². The first kappa shape index (κ1) is 17.7. The molecule has 1 atom stereocenters. The van der Waals surface area contributed by atoms with Crippen molar-refractivity contribution in [3.8, 4) is 5.75 Å². The molecule has 0 aliphatic carbocycles. The van der Waals surface area contributed by atoms with Gasteiger partial charge in [0.05, 0.1) is 7.11 Å². The van der Waals surface area contributed by atoms with E-state index in [0.717, 1.165) is 0 Å². The number of rotatable bonds is 4. The fourth-order valence-corrected chi connectivity index (χ4v) is 2.89. The molecule has 1 aliphatic rings. The van der Waals surface area contributed by atoms with Crippen molar-refractivity contribution in [3.63, 3.8) is 0 Å². The van der Waals surface area contributed by atoms with E-state index in [-0.39, 0.29) is 11.7 Å². The Morgan fingerprint density at radius 2 is 2.08 bits per heavy atom. The summed E-state index contributed by atoms with van der Waals surface area (Å²) in [6.07, 6.45) is 0.487. The van der Waals surface area contributed by atoms with E-state index < -0.39 is 12.1 Å². The lowest BCUT2D eigenvalue weighted by Crippen LogP contribution is -2.43. The predicted octanol–water partition coefficient (Wildman–Crippen LogP) is 3.07. The molecule has 0 saturated carbocycles. The number of hydrogen-bond acceptors (Lipinski definition) is 3. The summed E-state index contributed by atoms with van der Waals surface area (Å²) in [5.41, 5.74) is 1.67. The predicted molar refractivity (Wildman–Crippen MR) is 97.0 cm³/mol. The molecular formula is C19H20FN3O3. The number of anilines is 2. The van der Waals surface area contributed by atoms with Crippen molar-refractivity contribution in [1.82, 2.24) is 5.32 Å². The fraction of sp³-hybridized carbons (Fsp3) is 0.263. The maximum Gasteiger partial charge on any atom is 0.319 e. The van der Waals surface area contributed by atoms with E-state index in [1.54, 1.807) is 55.3 Å². The Hall–Kier alpha value is -3.09. The molecule has 1 fully saturated rings. The maximum atomic E-state index is 13.4. The number of amides is 3. The highest BCUT2D eigenvalue weighted by atomic mass is 19.1. The van der Waals surface area contributed by atoms with Gasteiger partial charge in [0.15, 0.2) is 0 Å². The molecule has 0 bridgehead atoms. The lowest BCUT2D eigenvalue weighted by molar-refractivity contribution is -0.118.